The molecule has 0 bridgehead atoms. The van der Waals surface area contributed by atoms with Gasteiger partial charge in [-0.1, -0.05) is 6.92 Å². The summed E-state index contributed by atoms with van der Waals surface area (Å²) >= 11 is 5.11. The molecule has 7 heteroatoms. The molecule has 1 fully saturated rings. The lowest BCUT2D eigenvalue weighted by atomic mass is 10.3. The molecule has 106 valence electrons. The summed E-state index contributed by atoms with van der Waals surface area (Å²) in [6, 6.07) is 1.94. The van der Waals surface area contributed by atoms with Gasteiger partial charge in [-0.15, -0.1) is 0 Å². The van der Waals surface area contributed by atoms with E-state index < -0.39 is 15.2 Å². The Kier molecular flexibility index (Phi) is 4.79. The highest BCUT2D eigenvalue weighted by Crippen LogP contribution is 2.28. The summed E-state index contributed by atoms with van der Waals surface area (Å²) in [7, 11) is -3.09. The Labute approximate surface area is 127 Å². The zero-order valence-electron chi connectivity index (χ0n) is 11.0. The summed E-state index contributed by atoms with van der Waals surface area (Å²) in [5.41, 5.74) is 1.07. The van der Waals surface area contributed by atoms with Gasteiger partial charge in [0.15, 0.2) is 9.84 Å². The van der Waals surface area contributed by atoms with Crippen LogP contribution in [0.5, 0.6) is 0 Å². The summed E-state index contributed by atoms with van der Waals surface area (Å²) < 4.78 is 25.3. The molecule has 0 aromatic carbocycles. The second kappa shape index (κ2) is 6.01. The van der Waals surface area contributed by atoms with Crippen molar-refractivity contribution in [1.82, 2.24) is 4.98 Å². The predicted octanol–water partition coefficient (Wildman–Crippen LogP) is 2.47. The second-order valence-electron chi connectivity index (χ2n) is 4.47. The molecular formula is C12H17BrN2O2S2. The molecule has 1 aliphatic heterocycles. The number of aromatic nitrogens is 1. The molecule has 0 spiro atoms. The molecule has 1 saturated heterocycles. The minimum Gasteiger partial charge on any atom is -0.338 e. The number of anilines is 1. The lowest BCUT2D eigenvalue weighted by Crippen LogP contribution is -2.48. The van der Waals surface area contributed by atoms with Crippen LogP contribution in [-0.4, -0.2) is 42.6 Å². The molecule has 2 rings (SSSR count). The highest BCUT2D eigenvalue weighted by Gasteiger charge is 2.33. The van der Waals surface area contributed by atoms with E-state index >= 15 is 0 Å². The van der Waals surface area contributed by atoms with Crippen molar-refractivity contribution < 1.29 is 8.42 Å². The van der Waals surface area contributed by atoms with E-state index in [4.69, 9.17) is 0 Å². The molecular weight excluding hydrogens is 348 g/mol. The normalized spacial score (nSPS) is 20.6. The molecule has 1 aromatic heterocycles. The number of nitrogens with zero attached hydrogens (tertiary/aromatic N) is 2. The second-order valence-corrected chi connectivity index (χ2v) is 8.92. The first-order chi connectivity index (χ1) is 8.95. The molecule has 1 atom stereocenters. The zero-order valence-corrected chi connectivity index (χ0v) is 14.2. The van der Waals surface area contributed by atoms with Gasteiger partial charge in [-0.3, -0.25) is 0 Å². The Hall–Kier alpha value is -0.270. The van der Waals surface area contributed by atoms with Gasteiger partial charge in [0.05, 0.1) is 0 Å². The summed E-state index contributed by atoms with van der Waals surface area (Å²) in [6.07, 6.45) is 1.74. The van der Waals surface area contributed by atoms with E-state index in [9.17, 15) is 8.42 Å². The Morgan fingerprint density at radius 2 is 2.32 bits per heavy atom. The van der Waals surface area contributed by atoms with E-state index in [2.05, 4.69) is 20.9 Å². The number of aryl methyl sites for hydroxylation is 1. The van der Waals surface area contributed by atoms with E-state index in [1.165, 1.54) is 0 Å². The molecule has 1 aromatic rings. The van der Waals surface area contributed by atoms with Gasteiger partial charge in [-0.05, 0) is 34.5 Å². The third-order valence-electron chi connectivity index (χ3n) is 3.23. The average molecular weight is 365 g/mol. The lowest BCUT2D eigenvalue weighted by Gasteiger charge is -2.35. The number of halogens is 1. The summed E-state index contributed by atoms with van der Waals surface area (Å²) in [5.74, 6) is 2.48. The predicted molar refractivity (Wildman–Crippen MR) is 84.6 cm³/mol. The van der Waals surface area contributed by atoms with Gasteiger partial charge in [0.2, 0.25) is 0 Å². The largest absolute Gasteiger partial charge is 0.338 e. The number of thioether (sulfide) groups is 1. The van der Waals surface area contributed by atoms with Gasteiger partial charge in [0.1, 0.15) is 11.2 Å². The molecule has 0 aliphatic carbocycles. The third kappa shape index (κ3) is 3.25. The topological polar surface area (TPSA) is 50.3 Å². The molecule has 19 heavy (non-hydrogen) atoms. The van der Waals surface area contributed by atoms with Gasteiger partial charge in [0.25, 0.3) is 0 Å². The van der Waals surface area contributed by atoms with Crippen LogP contribution in [0.3, 0.4) is 0 Å². The average Bonchev–Trinajstić information content (AvgIpc) is 2.42. The molecule has 0 amide bonds. The fraction of sp³-hybridized carbons (Fsp3) is 0.583. The van der Waals surface area contributed by atoms with E-state index in [0.29, 0.717) is 5.75 Å². The van der Waals surface area contributed by atoms with Crippen LogP contribution in [-0.2, 0) is 9.84 Å². The highest BCUT2D eigenvalue weighted by atomic mass is 79.9. The monoisotopic (exact) mass is 364 g/mol. The van der Waals surface area contributed by atoms with Crippen molar-refractivity contribution in [3.05, 3.63) is 22.3 Å². The van der Waals surface area contributed by atoms with Crippen molar-refractivity contribution in [1.29, 1.82) is 0 Å². The number of hydrogen-bond donors (Lipinski definition) is 0. The van der Waals surface area contributed by atoms with Crippen molar-refractivity contribution in [3.8, 4) is 0 Å². The van der Waals surface area contributed by atoms with Crippen LogP contribution >= 0.6 is 27.7 Å². The first-order valence-corrected chi connectivity index (χ1v) is 9.80. The van der Waals surface area contributed by atoms with Crippen LogP contribution in [0.25, 0.3) is 0 Å². The van der Waals surface area contributed by atoms with Gasteiger partial charge in [0, 0.05) is 34.5 Å². The van der Waals surface area contributed by atoms with Crippen LogP contribution in [0.15, 0.2) is 16.7 Å². The summed E-state index contributed by atoms with van der Waals surface area (Å²) in [4.78, 5) is 6.29. The molecule has 4 nitrogen and oxygen atoms in total. The molecule has 0 radical (unpaired) electrons. The first-order valence-electron chi connectivity index (χ1n) is 6.14. The van der Waals surface area contributed by atoms with Crippen LogP contribution in [0.4, 0.5) is 5.82 Å². The molecule has 1 aliphatic rings. The van der Waals surface area contributed by atoms with E-state index in [1.807, 2.05) is 17.9 Å². The van der Waals surface area contributed by atoms with Crippen LogP contribution in [0.1, 0.15) is 12.5 Å². The van der Waals surface area contributed by atoms with Gasteiger partial charge >= 0.3 is 0 Å². The minimum absolute atomic E-state index is 0.171. The zero-order chi connectivity index (χ0) is 14.0. The van der Waals surface area contributed by atoms with Crippen molar-refractivity contribution in [3.63, 3.8) is 0 Å². The van der Waals surface area contributed by atoms with Gasteiger partial charge < -0.3 is 4.90 Å². The standard InChI is InChI=1S/C12H17BrN2O2S2/c1-3-19(16,17)12-8-18-5-4-15(12)11-6-9(2)10(13)7-14-11/h6-7,12H,3-5,8H2,1-2H3. The summed E-state index contributed by atoms with van der Waals surface area (Å²) in [6.45, 7) is 4.41. The maximum atomic E-state index is 12.2. The van der Waals surface area contributed by atoms with Crippen LogP contribution < -0.4 is 4.90 Å². The minimum atomic E-state index is -3.09. The fourth-order valence-corrected chi connectivity index (χ4v) is 5.21. The maximum Gasteiger partial charge on any atom is 0.171 e. The lowest BCUT2D eigenvalue weighted by molar-refractivity contribution is 0.579. The van der Waals surface area contributed by atoms with Crippen LogP contribution in [0, 0.1) is 6.92 Å². The molecule has 0 N–H and O–H groups in total. The Balaban J connectivity index is 2.37. The van der Waals surface area contributed by atoms with Gasteiger partial charge in [-0.2, -0.15) is 11.8 Å². The molecule has 2 heterocycles. The van der Waals surface area contributed by atoms with E-state index in [1.54, 1.807) is 24.9 Å². The van der Waals surface area contributed by atoms with Crippen molar-refractivity contribution in [2.24, 2.45) is 0 Å². The first kappa shape index (κ1) is 15.1. The third-order valence-corrected chi connectivity index (χ3v) is 7.35. The maximum absolute atomic E-state index is 12.2. The fourth-order valence-electron chi connectivity index (χ4n) is 2.01. The molecule has 0 saturated carbocycles. The smallest absolute Gasteiger partial charge is 0.171 e. The number of pyridine rings is 1. The number of sulfone groups is 1. The number of hydrogen-bond acceptors (Lipinski definition) is 5. The van der Waals surface area contributed by atoms with Crippen molar-refractivity contribution in [2.75, 3.05) is 28.7 Å². The van der Waals surface area contributed by atoms with E-state index in [-0.39, 0.29) is 5.75 Å². The SMILES string of the molecule is CCS(=O)(=O)C1CSCCN1c1cc(C)c(Br)cn1. The Morgan fingerprint density at radius 1 is 1.58 bits per heavy atom. The Bertz CT molecular complexity index is 563. The van der Waals surface area contributed by atoms with Crippen LogP contribution in [0.2, 0.25) is 0 Å². The van der Waals surface area contributed by atoms with E-state index in [0.717, 1.165) is 28.2 Å². The highest BCUT2D eigenvalue weighted by molar-refractivity contribution is 9.10. The quantitative estimate of drug-likeness (QED) is 0.824. The van der Waals surface area contributed by atoms with Crippen molar-refractivity contribution >= 4 is 43.3 Å². The number of rotatable bonds is 3. The van der Waals surface area contributed by atoms with Crippen molar-refractivity contribution in [2.45, 2.75) is 19.2 Å². The Morgan fingerprint density at radius 3 is 2.95 bits per heavy atom. The summed E-state index contributed by atoms with van der Waals surface area (Å²) in [5, 5.41) is -0.454. The molecule has 1 unspecified atom stereocenters. The van der Waals surface area contributed by atoms with Gasteiger partial charge in [-0.25, -0.2) is 13.4 Å².